The Morgan fingerprint density at radius 1 is 1.30 bits per heavy atom. The van der Waals surface area contributed by atoms with E-state index >= 15 is 0 Å². The molecule has 1 heterocycles. The normalized spacial score (nSPS) is 22.9. The van der Waals surface area contributed by atoms with E-state index in [1.807, 2.05) is 12.1 Å². The SMILES string of the molecule is COc1ccc(CN2C=C(N)C(C)(C(F)(F)F)C2)cc1. The van der Waals surface area contributed by atoms with Gasteiger partial charge in [0.2, 0.25) is 0 Å². The van der Waals surface area contributed by atoms with Gasteiger partial charge in [-0.2, -0.15) is 13.2 Å². The molecular weight excluding hydrogens is 269 g/mol. The van der Waals surface area contributed by atoms with Crippen molar-refractivity contribution in [3.8, 4) is 5.75 Å². The Bertz CT molecular complexity index is 510. The molecule has 1 aromatic rings. The molecule has 0 aromatic heterocycles. The van der Waals surface area contributed by atoms with Crippen LogP contribution in [0.2, 0.25) is 0 Å². The molecule has 0 radical (unpaired) electrons. The Balaban J connectivity index is 2.09. The molecule has 0 aliphatic carbocycles. The van der Waals surface area contributed by atoms with E-state index in [1.54, 1.807) is 24.1 Å². The first-order valence-corrected chi connectivity index (χ1v) is 6.18. The minimum absolute atomic E-state index is 0.140. The van der Waals surface area contributed by atoms with Gasteiger partial charge in [0.25, 0.3) is 0 Å². The van der Waals surface area contributed by atoms with Gasteiger partial charge in [0.15, 0.2) is 0 Å². The summed E-state index contributed by atoms with van der Waals surface area (Å²) in [6, 6.07) is 7.21. The van der Waals surface area contributed by atoms with Gasteiger partial charge >= 0.3 is 6.18 Å². The van der Waals surface area contributed by atoms with E-state index in [2.05, 4.69) is 0 Å². The molecule has 2 rings (SSSR count). The molecule has 0 bridgehead atoms. The van der Waals surface area contributed by atoms with Crippen molar-refractivity contribution in [2.24, 2.45) is 11.1 Å². The number of alkyl halides is 3. The van der Waals surface area contributed by atoms with Crippen LogP contribution in [0.25, 0.3) is 0 Å². The number of benzene rings is 1. The lowest BCUT2D eigenvalue weighted by Crippen LogP contribution is -2.42. The van der Waals surface area contributed by atoms with Crippen LogP contribution in [-0.4, -0.2) is 24.7 Å². The fourth-order valence-corrected chi connectivity index (χ4v) is 2.20. The van der Waals surface area contributed by atoms with Gasteiger partial charge in [-0.1, -0.05) is 12.1 Å². The van der Waals surface area contributed by atoms with Gasteiger partial charge in [0.1, 0.15) is 11.2 Å². The number of rotatable bonds is 3. The van der Waals surface area contributed by atoms with Crippen LogP contribution in [0.3, 0.4) is 0 Å². The van der Waals surface area contributed by atoms with Crippen molar-refractivity contribution < 1.29 is 17.9 Å². The largest absolute Gasteiger partial charge is 0.497 e. The lowest BCUT2D eigenvalue weighted by atomic mass is 9.88. The maximum absolute atomic E-state index is 13.0. The molecule has 0 amide bonds. The van der Waals surface area contributed by atoms with Crippen LogP contribution >= 0.6 is 0 Å². The molecule has 0 spiro atoms. The summed E-state index contributed by atoms with van der Waals surface area (Å²) in [6.45, 7) is 1.36. The van der Waals surface area contributed by atoms with Crippen LogP contribution in [0.4, 0.5) is 13.2 Å². The summed E-state index contributed by atoms with van der Waals surface area (Å²) >= 11 is 0. The summed E-state index contributed by atoms with van der Waals surface area (Å²) in [5.74, 6) is 0.713. The van der Waals surface area contributed by atoms with Crippen molar-refractivity contribution in [1.29, 1.82) is 0 Å². The lowest BCUT2D eigenvalue weighted by molar-refractivity contribution is -0.203. The first kappa shape index (κ1) is 14.6. The van der Waals surface area contributed by atoms with Crippen molar-refractivity contribution in [2.45, 2.75) is 19.6 Å². The zero-order valence-electron chi connectivity index (χ0n) is 11.4. The van der Waals surface area contributed by atoms with Crippen molar-refractivity contribution in [1.82, 2.24) is 4.90 Å². The van der Waals surface area contributed by atoms with Gasteiger partial charge in [-0.25, -0.2) is 0 Å². The molecule has 1 aliphatic rings. The van der Waals surface area contributed by atoms with Gasteiger partial charge in [-0.3, -0.25) is 0 Å². The Kier molecular flexibility index (Phi) is 3.58. The molecule has 0 saturated carbocycles. The summed E-state index contributed by atoms with van der Waals surface area (Å²) in [6.07, 6.45) is -2.96. The van der Waals surface area contributed by atoms with Gasteiger partial charge in [0, 0.05) is 25.0 Å². The Hall–Kier alpha value is -1.85. The monoisotopic (exact) mass is 286 g/mol. The Morgan fingerprint density at radius 3 is 2.35 bits per heavy atom. The molecular formula is C14H17F3N2O. The van der Waals surface area contributed by atoms with Gasteiger partial charge in [0.05, 0.1) is 7.11 Å². The third-order valence-electron chi connectivity index (χ3n) is 3.65. The second-order valence-corrected chi connectivity index (χ2v) is 5.17. The summed E-state index contributed by atoms with van der Waals surface area (Å²) in [4.78, 5) is 1.59. The number of methoxy groups -OCH3 is 1. The highest BCUT2D eigenvalue weighted by Gasteiger charge is 2.56. The lowest BCUT2D eigenvalue weighted by Gasteiger charge is -2.29. The average molecular weight is 286 g/mol. The second kappa shape index (κ2) is 4.92. The van der Waals surface area contributed by atoms with Crippen molar-refractivity contribution in [2.75, 3.05) is 13.7 Å². The molecule has 1 unspecified atom stereocenters. The number of hydrogen-bond donors (Lipinski definition) is 1. The first-order valence-electron chi connectivity index (χ1n) is 6.18. The van der Waals surface area contributed by atoms with Crippen LogP contribution in [-0.2, 0) is 6.54 Å². The molecule has 20 heavy (non-hydrogen) atoms. The summed E-state index contributed by atoms with van der Waals surface area (Å²) in [5, 5.41) is 0. The van der Waals surface area contributed by atoms with E-state index in [0.717, 1.165) is 12.5 Å². The maximum Gasteiger partial charge on any atom is 0.401 e. The van der Waals surface area contributed by atoms with E-state index in [9.17, 15) is 13.2 Å². The highest BCUT2D eigenvalue weighted by Crippen LogP contribution is 2.45. The topological polar surface area (TPSA) is 38.5 Å². The molecule has 1 atom stereocenters. The van der Waals surface area contributed by atoms with Crippen LogP contribution in [0, 0.1) is 5.41 Å². The molecule has 0 saturated heterocycles. The Morgan fingerprint density at radius 2 is 1.90 bits per heavy atom. The van der Waals surface area contributed by atoms with Crippen LogP contribution in [0.5, 0.6) is 5.75 Å². The van der Waals surface area contributed by atoms with E-state index in [-0.39, 0.29) is 12.2 Å². The summed E-state index contributed by atoms with van der Waals surface area (Å²) in [5.41, 5.74) is 4.36. The fourth-order valence-electron chi connectivity index (χ4n) is 2.20. The third kappa shape index (κ3) is 2.55. The van der Waals surface area contributed by atoms with E-state index in [0.29, 0.717) is 12.3 Å². The third-order valence-corrected chi connectivity index (χ3v) is 3.65. The van der Waals surface area contributed by atoms with Gasteiger partial charge < -0.3 is 15.4 Å². The van der Waals surface area contributed by atoms with Crippen LogP contribution < -0.4 is 10.5 Å². The molecule has 3 nitrogen and oxygen atoms in total. The molecule has 2 N–H and O–H groups in total. The number of nitrogens with two attached hydrogens (primary N) is 1. The molecule has 1 aromatic carbocycles. The molecule has 6 heteroatoms. The predicted molar refractivity (Wildman–Crippen MR) is 69.8 cm³/mol. The molecule has 1 aliphatic heterocycles. The van der Waals surface area contributed by atoms with Gasteiger partial charge in [-0.05, 0) is 24.6 Å². The number of hydrogen-bond acceptors (Lipinski definition) is 3. The van der Waals surface area contributed by atoms with E-state index in [1.165, 1.54) is 6.20 Å². The summed E-state index contributed by atoms with van der Waals surface area (Å²) in [7, 11) is 1.56. The van der Waals surface area contributed by atoms with Crippen LogP contribution in [0.15, 0.2) is 36.2 Å². The van der Waals surface area contributed by atoms with E-state index in [4.69, 9.17) is 10.5 Å². The number of nitrogens with zero attached hydrogens (tertiary/aromatic N) is 1. The average Bonchev–Trinajstić information content (AvgIpc) is 2.66. The smallest absolute Gasteiger partial charge is 0.401 e. The zero-order valence-corrected chi connectivity index (χ0v) is 11.4. The fraction of sp³-hybridized carbons (Fsp3) is 0.429. The highest BCUT2D eigenvalue weighted by atomic mass is 19.4. The number of halogens is 3. The van der Waals surface area contributed by atoms with Crippen molar-refractivity contribution in [3.63, 3.8) is 0 Å². The van der Waals surface area contributed by atoms with E-state index < -0.39 is 11.6 Å². The second-order valence-electron chi connectivity index (χ2n) is 5.17. The maximum atomic E-state index is 13.0. The molecule has 0 fully saturated rings. The predicted octanol–water partition coefficient (Wildman–Crippen LogP) is 2.88. The minimum Gasteiger partial charge on any atom is -0.497 e. The number of ether oxygens (including phenoxy) is 1. The zero-order chi connectivity index (χ0) is 15.0. The van der Waals surface area contributed by atoms with Crippen molar-refractivity contribution in [3.05, 3.63) is 41.7 Å². The molecule has 110 valence electrons. The standard InChI is InChI=1S/C14H17F3N2O/c1-13(14(15,16)17)9-19(8-12(13)18)7-10-3-5-11(20-2)6-4-10/h3-6,8H,7,9,18H2,1-2H3. The van der Waals surface area contributed by atoms with Crippen molar-refractivity contribution >= 4 is 0 Å². The van der Waals surface area contributed by atoms with Gasteiger partial charge in [-0.15, -0.1) is 0 Å². The Labute approximate surface area is 115 Å². The highest BCUT2D eigenvalue weighted by molar-refractivity contribution is 5.28. The quantitative estimate of drug-likeness (QED) is 0.928. The minimum atomic E-state index is -4.34. The first-order chi connectivity index (χ1) is 9.26. The van der Waals surface area contributed by atoms with Crippen LogP contribution in [0.1, 0.15) is 12.5 Å². The summed E-state index contributed by atoms with van der Waals surface area (Å²) < 4.78 is 44.2.